The molecule has 7 heteroatoms. The number of hydrogen-bond acceptors (Lipinski definition) is 3. The Labute approximate surface area is 142 Å². The van der Waals surface area contributed by atoms with Crippen molar-refractivity contribution >= 4 is 16.9 Å². The average molecular weight is 341 g/mol. The molecule has 2 aromatic carbocycles. The van der Waals surface area contributed by atoms with Crippen LogP contribution in [0, 0.1) is 5.82 Å². The zero-order valence-electron chi connectivity index (χ0n) is 13.5. The van der Waals surface area contributed by atoms with Crippen molar-refractivity contribution in [2.24, 2.45) is 7.05 Å². The number of nitrogens with zero attached hydrogens (tertiary/aromatic N) is 2. The van der Waals surface area contributed by atoms with Crippen molar-refractivity contribution in [3.8, 4) is 0 Å². The van der Waals surface area contributed by atoms with Gasteiger partial charge in [-0.1, -0.05) is 24.3 Å². The fraction of sp³-hybridized carbons (Fsp3) is 0.167. The molecule has 0 radical (unpaired) electrons. The summed E-state index contributed by atoms with van der Waals surface area (Å²) in [5, 5.41) is 2.63. The quantitative estimate of drug-likeness (QED) is 0.724. The van der Waals surface area contributed by atoms with E-state index in [1.807, 2.05) is 0 Å². The molecular formula is C18H16FN3O3. The molecule has 1 heterocycles. The fourth-order valence-corrected chi connectivity index (χ4v) is 2.66. The Morgan fingerprint density at radius 2 is 1.76 bits per heavy atom. The van der Waals surface area contributed by atoms with Gasteiger partial charge in [0.1, 0.15) is 12.4 Å². The van der Waals surface area contributed by atoms with Gasteiger partial charge >= 0.3 is 11.1 Å². The van der Waals surface area contributed by atoms with E-state index in [9.17, 15) is 18.8 Å². The lowest BCUT2D eigenvalue weighted by Crippen LogP contribution is -2.43. The van der Waals surface area contributed by atoms with Crippen LogP contribution in [-0.2, 0) is 24.9 Å². The number of carbonyl (C=O) groups excluding carboxylic acids is 1. The molecule has 128 valence electrons. The number of aryl methyl sites for hydroxylation is 1. The van der Waals surface area contributed by atoms with Crippen molar-refractivity contribution in [2.45, 2.75) is 13.1 Å². The van der Waals surface area contributed by atoms with Crippen LogP contribution in [0.1, 0.15) is 5.56 Å². The van der Waals surface area contributed by atoms with Gasteiger partial charge in [-0.05, 0) is 29.8 Å². The summed E-state index contributed by atoms with van der Waals surface area (Å²) >= 11 is 0. The van der Waals surface area contributed by atoms with Gasteiger partial charge in [-0.2, -0.15) is 0 Å². The van der Waals surface area contributed by atoms with Crippen LogP contribution < -0.4 is 16.4 Å². The second-order valence-electron chi connectivity index (χ2n) is 5.65. The smallest absolute Gasteiger partial charge is 0.317 e. The third-order valence-corrected chi connectivity index (χ3v) is 3.95. The Hall–Kier alpha value is -3.22. The predicted molar refractivity (Wildman–Crippen MR) is 91.7 cm³/mol. The summed E-state index contributed by atoms with van der Waals surface area (Å²) in [6.45, 7) is -0.154. The second-order valence-corrected chi connectivity index (χ2v) is 5.65. The van der Waals surface area contributed by atoms with Crippen molar-refractivity contribution in [1.29, 1.82) is 0 Å². The minimum atomic E-state index is -0.762. The summed E-state index contributed by atoms with van der Waals surface area (Å²) in [6, 6.07) is 12.7. The molecule has 3 aromatic rings. The Bertz CT molecular complexity index is 1070. The summed E-state index contributed by atoms with van der Waals surface area (Å²) in [6.07, 6.45) is 0. The number of aromatic nitrogens is 2. The fourth-order valence-electron chi connectivity index (χ4n) is 2.66. The molecular weight excluding hydrogens is 325 g/mol. The van der Waals surface area contributed by atoms with Crippen molar-refractivity contribution < 1.29 is 9.18 Å². The summed E-state index contributed by atoms with van der Waals surface area (Å²) in [7, 11) is 1.51. The van der Waals surface area contributed by atoms with E-state index < -0.39 is 17.0 Å². The van der Waals surface area contributed by atoms with Crippen LogP contribution >= 0.6 is 0 Å². The number of halogens is 1. The van der Waals surface area contributed by atoms with Gasteiger partial charge < -0.3 is 9.88 Å². The maximum absolute atomic E-state index is 13.2. The molecule has 25 heavy (non-hydrogen) atoms. The number of amides is 1. The molecule has 0 aliphatic heterocycles. The molecule has 1 aromatic heterocycles. The van der Waals surface area contributed by atoms with Crippen molar-refractivity contribution in [2.75, 3.05) is 0 Å². The van der Waals surface area contributed by atoms with Crippen LogP contribution in [0.5, 0.6) is 0 Å². The number of hydrogen-bond donors (Lipinski definition) is 1. The molecule has 0 fully saturated rings. The third kappa shape index (κ3) is 3.35. The number of benzene rings is 2. The maximum Gasteiger partial charge on any atom is 0.317 e. The van der Waals surface area contributed by atoms with E-state index in [1.165, 1.54) is 23.7 Å². The predicted octanol–water partition coefficient (Wildman–Crippen LogP) is 1.16. The summed E-state index contributed by atoms with van der Waals surface area (Å²) in [5.41, 5.74) is 0.203. The van der Waals surface area contributed by atoms with Gasteiger partial charge in [-0.3, -0.25) is 19.0 Å². The van der Waals surface area contributed by atoms with Gasteiger partial charge in [-0.15, -0.1) is 0 Å². The van der Waals surface area contributed by atoms with E-state index in [0.717, 1.165) is 4.57 Å². The standard InChI is InChI=1S/C18H16FN3O3/c1-21-14-7-2-3-8-15(14)22(18(25)17(21)24)11-16(23)20-10-12-5-4-6-13(19)9-12/h2-9H,10-11H2,1H3,(H,20,23). The zero-order valence-corrected chi connectivity index (χ0v) is 13.5. The Balaban J connectivity index is 1.86. The number of fused-ring (bicyclic) bond motifs is 1. The number of nitrogens with one attached hydrogen (secondary N) is 1. The van der Waals surface area contributed by atoms with Gasteiger partial charge in [0.15, 0.2) is 0 Å². The normalized spacial score (nSPS) is 10.8. The molecule has 0 saturated carbocycles. The lowest BCUT2D eigenvalue weighted by Gasteiger charge is -2.12. The second kappa shape index (κ2) is 6.72. The van der Waals surface area contributed by atoms with Gasteiger partial charge in [-0.25, -0.2) is 4.39 Å². The first kappa shape index (κ1) is 16.6. The van der Waals surface area contributed by atoms with Gasteiger partial charge in [0, 0.05) is 13.6 Å². The van der Waals surface area contributed by atoms with Gasteiger partial charge in [0.05, 0.1) is 11.0 Å². The first-order chi connectivity index (χ1) is 12.0. The molecule has 0 aliphatic rings. The highest BCUT2D eigenvalue weighted by molar-refractivity contribution is 5.80. The van der Waals surface area contributed by atoms with E-state index in [1.54, 1.807) is 36.4 Å². The zero-order chi connectivity index (χ0) is 18.0. The topological polar surface area (TPSA) is 73.1 Å². The van der Waals surface area contributed by atoms with Crippen LogP contribution in [0.3, 0.4) is 0 Å². The van der Waals surface area contributed by atoms with E-state index in [0.29, 0.717) is 16.6 Å². The lowest BCUT2D eigenvalue weighted by molar-refractivity contribution is -0.121. The molecule has 6 nitrogen and oxygen atoms in total. The highest BCUT2D eigenvalue weighted by Gasteiger charge is 2.13. The number of carbonyl (C=O) groups is 1. The molecule has 0 bridgehead atoms. The first-order valence-electron chi connectivity index (χ1n) is 7.67. The highest BCUT2D eigenvalue weighted by atomic mass is 19.1. The van der Waals surface area contributed by atoms with E-state index in [4.69, 9.17) is 0 Å². The Morgan fingerprint density at radius 3 is 2.48 bits per heavy atom. The summed E-state index contributed by atoms with van der Waals surface area (Å²) in [5.74, 6) is -0.828. The molecule has 3 rings (SSSR count). The summed E-state index contributed by atoms with van der Waals surface area (Å²) in [4.78, 5) is 36.5. The van der Waals surface area contributed by atoms with Crippen LogP contribution in [-0.4, -0.2) is 15.0 Å². The highest BCUT2D eigenvalue weighted by Crippen LogP contribution is 2.09. The van der Waals surface area contributed by atoms with E-state index in [2.05, 4.69) is 5.32 Å². The molecule has 0 spiro atoms. The number of rotatable bonds is 4. The minimum Gasteiger partial charge on any atom is -0.350 e. The Morgan fingerprint density at radius 1 is 1.04 bits per heavy atom. The van der Waals surface area contributed by atoms with E-state index >= 15 is 0 Å². The first-order valence-corrected chi connectivity index (χ1v) is 7.67. The van der Waals surface area contributed by atoms with Gasteiger partial charge in [0.25, 0.3) is 0 Å². The average Bonchev–Trinajstić information content (AvgIpc) is 2.62. The van der Waals surface area contributed by atoms with Crippen LogP contribution in [0.4, 0.5) is 4.39 Å². The largest absolute Gasteiger partial charge is 0.350 e. The SMILES string of the molecule is Cn1c(=O)c(=O)n(CC(=O)NCc2cccc(F)c2)c2ccccc21. The van der Waals surface area contributed by atoms with E-state index in [-0.39, 0.29) is 18.9 Å². The van der Waals surface area contributed by atoms with Crippen LogP contribution in [0.15, 0.2) is 58.1 Å². The molecule has 1 N–H and O–H groups in total. The third-order valence-electron chi connectivity index (χ3n) is 3.95. The number of para-hydroxylation sites is 2. The monoisotopic (exact) mass is 341 g/mol. The van der Waals surface area contributed by atoms with Crippen molar-refractivity contribution in [1.82, 2.24) is 14.5 Å². The van der Waals surface area contributed by atoms with Gasteiger partial charge in [0.2, 0.25) is 5.91 Å². The molecule has 0 aliphatic carbocycles. The lowest BCUT2D eigenvalue weighted by atomic mass is 10.2. The Kier molecular flexibility index (Phi) is 4.47. The van der Waals surface area contributed by atoms with Crippen LogP contribution in [0.25, 0.3) is 11.0 Å². The van der Waals surface area contributed by atoms with Crippen LogP contribution in [0.2, 0.25) is 0 Å². The molecule has 0 saturated heterocycles. The molecule has 0 atom stereocenters. The summed E-state index contributed by atoms with van der Waals surface area (Å²) < 4.78 is 15.6. The van der Waals surface area contributed by atoms with Crippen molar-refractivity contribution in [3.05, 3.63) is 80.6 Å². The van der Waals surface area contributed by atoms with Crippen molar-refractivity contribution in [3.63, 3.8) is 0 Å². The maximum atomic E-state index is 13.2. The minimum absolute atomic E-state index is 0.133. The molecule has 1 amide bonds. The molecule has 0 unspecified atom stereocenters.